The largest absolute Gasteiger partial charge is 0.461 e. The Labute approximate surface area is 118 Å². The molecule has 0 aliphatic heterocycles. The van der Waals surface area contributed by atoms with Crippen molar-refractivity contribution in [3.8, 4) is 0 Å². The van der Waals surface area contributed by atoms with Crippen molar-refractivity contribution in [2.75, 3.05) is 18.6 Å². The van der Waals surface area contributed by atoms with Crippen LogP contribution in [0, 0.1) is 5.92 Å². The summed E-state index contributed by atoms with van der Waals surface area (Å²) in [5.74, 6) is -5.45. The topological polar surface area (TPSA) is 29.5 Å². The number of carbonyl (C=O) groups excluding carboxylic acids is 1. The molecule has 1 aromatic rings. The summed E-state index contributed by atoms with van der Waals surface area (Å²) in [5.41, 5.74) is 0.634. The van der Waals surface area contributed by atoms with Gasteiger partial charge < -0.3 is 9.64 Å². The van der Waals surface area contributed by atoms with Gasteiger partial charge in [0.05, 0.1) is 6.61 Å². The summed E-state index contributed by atoms with van der Waals surface area (Å²) in [4.78, 5) is 13.0. The van der Waals surface area contributed by atoms with Gasteiger partial charge in [-0.3, -0.25) is 0 Å². The van der Waals surface area contributed by atoms with E-state index in [4.69, 9.17) is 0 Å². The molecule has 20 heavy (non-hydrogen) atoms. The van der Waals surface area contributed by atoms with Crippen molar-refractivity contribution in [1.82, 2.24) is 0 Å². The summed E-state index contributed by atoms with van der Waals surface area (Å²) in [5, 5.41) is 0. The van der Waals surface area contributed by atoms with E-state index < -0.39 is 23.9 Å². The summed E-state index contributed by atoms with van der Waals surface area (Å²) >= 11 is 0. The summed E-state index contributed by atoms with van der Waals surface area (Å²) in [7, 11) is 1.56. The molecule has 0 heterocycles. The smallest absolute Gasteiger partial charge is 0.379 e. The number of para-hydroxylation sites is 1. The van der Waals surface area contributed by atoms with E-state index in [0.717, 1.165) is 0 Å². The molecule has 0 aliphatic rings. The van der Waals surface area contributed by atoms with Crippen LogP contribution in [0.1, 0.15) is 20.8 Å². The van der Waals surface area contributed by atoms with Crippen molar-refractivity contribution in [1.29, 1.82) is 0 Å². The molecule has 0 radical (unpaired) electrons. The highest BCUT2D eigenvalue weighted by Crippen LogP contribution is 2.32. The first kappa shape index (κ1) is 16.4. The number of alkyl halides is 2. The maximum absolute atomic E-state index is 14.3. The highest BCUT2D eigenvalue weighted by atomic mass is 19.3. The molecular formula is C15H21F2NO2. The average molecular weight is 285 g/mol. The second kappa shape index (κ2) is 6.68. The molecule has 0 aliphatic carbocycles. The Hall–Kier alpha value is -1.65. The quantitative estimate of drug-likeness (QED) is 0.751. The second-order valence-corrected chi connectivity index (χ2v) is 4.98. The minimum Gasteiger partial charge on any atom is -0.461 e. The third-order valence-corrected chi connectivity index (χ3v) is 3.13. The summed E-state index contributed by atoms with van der Waals surface area (Å²) < 4.78 is 33.2. The van der Waals surface area contributed by atoms with Crippen LogP contribution in [0.5, 0.6) is 0 Å². The highest BCUT2D eigenvalue weighted by molar-refractivity contribution is 5.79. The third-order valence-electron chi connectivity index (χ3n) is 3.13. The van der Waals surface area contributed by atoms with Crippen LogP contribution >= 0.6 is 0 Å². The van der Waals surface area contributed by atoms with E-state index in [9.17, 15) is 13.6 Å². The maximum Gasteiger partial charge on any atom is 0.379 e. The van der Waals surface area contributed by atoms with Crippen LogP contribution in [0.25, 0.3) is 0 Å². The van der Waals surface area contributed by atoms with Gasteiger partial charge in [0.25, 0.3) is 0 Å². The van der Waals surface area contributed by atoms with Gasteiger partial charge >= 0.3 is 11.9 Å². The fourth-order valence-corrected chi connectivity index (χ4v) is 2.28. The first-order chi connectivity index (χ1) is 9.32. The number of rotatable bonds is 6. The lowest BCUT2D eigenvalue weighted by molar-refractivity contribution is -0.176. The van der Waals surface area contributed by atoms with Crippen molar-refractivity contribution in [2.24, 2.45) is 5.92 Å². The second-order valence-electron chi connectivity index (χ2n) is 4.98. The van der Waals surface area contributed by atoms with Crippen LogP contribution in [0.4, 0.5) is 14.5 Å². The minimum absolute atomic E-state index is 0.0612. The van der Waals surface area contributed by atoms with Gasteiger partial charge in [-0.05, 0) is 25.0 Å². The van der Waals surface area contributed by atoms with Gasteiger partial charge in [0, 0.05) is 12.7 Å². The van der Waals surface area contributed by atoms with Gasteiger partial charge in [0.2, 0.25) is 0 Å². The van der Waals surface area contributed by atoms with Crippen LogP contribution in [-0.4, -0.2) is 31.6 Å². The van der Waals surface area contributed by atoms with Gasteiger partial charge in [-0.1, -0.05) is 32.0 Å². The number of nitrogens with zero attached hydrogens (tertiary/aromatic N) is 1. The van der Waals surface area contributed by atoms with Gasteiger partial charge in [-0.25, -0.2) is 4.79 Å². The molecule has 1 unspecified atom stereocenters. The molecule has 112 valence electrons. The van der Waals surface area contributed by atoms with Crippen LogP contribution in [0.15, 0.2) is 30.3 Å². The van der Waals surface area contributed by atoms with E-state index in [0.29, 0.717) is 5.69 Å². The lowest BCUT2D eigenvalue weighted by atomic mass is 9.95. The number of carbonyl (C=O) groups is 1. The van der Waals surface area contributed by atoms with E-state index in [1.54, 1.807) is 45.2 Å². The Morgan fingerprint density at radius 2 is 1.85 bits per heavy atom. The number of benzene rings is 1. The molecule has 1 rings (SSSR count). The van der Waals surface area contributed by atoms with E-state index >= 15 is 0 Å². The number of esters is 1. The molecular weight excluding hydrogens is 264 g/mol. The Bertz CT molecular complexity index is 435. The van der Waals surface area contributed by atoms with E-state index in [-0.39, 0.29) is 6.61 Å². The van der Waals surface area contributed by atoms with Gasteiger partial charge in [-0.2, -0.15) is 8.78 Å². The molecule has 0 fully saturated rings. The number of hydrogen-bond acceptors (Lipinski definition) is 3. The normalized spacial score (nSPS) is 13.2. The first-order valence-corrected chi connectivity index (χ1v) is 6.65. The SMILES string of the molecule is CCOC(=O)C(F)(F)C(C(C)C)N(C)c1ccccc1. The third kappa shape index (κ3) is 3.46. The van der Waals surface area contributed by atoms with Crippen LogP contribution < -0.4 is 4.90 Å². The number of anilines is 1. The van der Waals surface area contributed by atoms with E-state index in [1.807, 2.05) is 6.07 Å². The van der Waals surface area contributed by atoms with Crippen molar-refractivity contribution in [3.63, 3.8) is 0 Å². The number of halogens is 2. The van der Waals surface area contributed by atoms with Crippen molar-refractivity contribution in [2.45, 2.75) is 32.7 Å². The van der Waals surface area contributed by atoms with Crippen LogP contribution in [0.2, 0.25) is 0 Å². The van der Waals surface area contributed by atoms with E-state index in [2.05, 4.69) is 4.74 Å². The fraction of sp³-hybridized carbons (Fsp3) is 0.533. The van der Waals surface area contributed by atoms with Crippen LogP contribution in [0.3, 0.4) is 0 Å². The first-order valence-electron chi connectivity index (χ1n) is 6.65. The molecule has 0 N–H and O–H groups in total. The van der Waals surface area contributed by atoms with E-state index in [1.165, 1.54) is 11.8 Å². The Balaban J connectivity index is 3.08. The van der Waals surface area contributed by atoms with Crippen molar-refractivity contribution >= 4 is 11.7 Å². The molecule has 0 aromatic heterocycles. The molecule has 1 atom stereocenters. The number of hydrogen-bond donors (Lipinski definition) is 0. The van der Waals surface area contributed by atoms with Crippen LogP contribution in [-0.2, 0) is 9.53 Å². The lowest BCUT2D eigenvalue weighted by Gasteiger charge is -2.37. The molecule has 0 spiro atoms. The van der Waals surface area contributed by atoms with Gasteiger partial charge in [0.1, 0.15) is 6.04 Å². The molecule has 0 bridgehead atoms. The zero-order chi connectivity index (χ0) is 15.3. The monoisotopic (exact) mass is 285 g/mol. The Morgan fingerprint density at radius 3 is 2.30 bits per heavy atom. The van der Waals surface area contributed by atoms with Crippen molar-refractivity contribution < 1.29 is 18.3 Å². The zero-order valence-corrected chi connectivity index (χ0v) is 12.3. The van der Waals surface area contributed by atoms with Gasteiger partial charge in [-0.15, -0.1) is 0 Å². The van der Waals surface area contributed by atoms with Crippen molar-refractivity contribution in [3.05, 3.63) is 30.3 Å². The fourth-order valence-electron chi connectivity index (χ4n) is 2.28. The zero-order valence-electron chi connectivity index (χ0n) is 12.3. The molecule has 3 nitrogen and oxygen atoms in total. The minimum atomic E-state index is -3.56. The summed E-state index contributed by atoms with van der Waals surface area (Å²) in [6.45, 7) is 4.78. The molecule has 1 aromatic carbocycles. The predicted molar refractivity (Wildman–Crippen MR) is 75.1 cm³/mol. The standard InChI is InChI=1S/C15H21F2NO2/c1-5-20-14(19)15(16,17)13(11(2)3)18(4)12-9-7-6-8-10-12/h6-11,13H,5H2,1-4H3. The summed E-state index contributed by atoms with van der Waals surface area (Å²) in [6, 6.07) is 7.56. The Kier molecular flexibility index (Phi) is 5.48. The Morgan fingerprint density at radius 1 is 1.30 bits per heavy atom. The average Bonchev–Trinajstić information content (AvgIpc) is 2.39. The molecule has 0 amide bonds. The lowest BCUT2D eigenvalue weighted by Crippen LogP contribution is -2.54. The molecule has 0 saturated heterocycles. The highest BCUT2D eigenvalue weighted by Gasteiger charge is 2.52. The predicted octanol–water partition coefficient (Wildman–Crippen LogP) is 3.35. The molecule has 5 heteroatoms. The molecule has 0 saturated carbocycles. The number of ether oxygens (including phenoxy) is 1. The van der Waals surface area contributed by atoms with Gasteiger partial charge in [0.15, 0.2) is 0 Å². The summed E-state index contributed by atoms with van der Waals surface area (Å²) in [6.07, 6.45) is 0. The maximum atomic E-state index is 14.3.